The minimum Gasteiger partial charge on any atom is -0.478 e. The first-order valence-electron chi connectivity index (χ1n) is 4.44. The molecule has 0 saturated heterocycles. The zero-order valence-electron chi connectivity index (χ0n) is 8.34. The molecule has 0 unspecified atom stereocenters. The second kappa shape index (κ2) is 5.59. The molecule has 0 aliphatic rings. The van der Waals surface area contributed by atoms with E-state index in [-0.39, 0.29) is 0 Å². The van der Waals surface area contributed by atoms with Gasteiger partial charge in [-0.2, -0.15) is 0 Å². The van der Waals surface area contributed by atoms with Crippen LogP contribution < -0.4 is 0 Å². The van der Waals surface area contributed by atoms with Crippen LogP contribution in [-0.4, -0.2) is 21.0 Å². The quantitative estimate of drug-likeness (QED) is 0.747. The van der Waals surface area contributed by atoms with Gasteiger partial charge in [0.1, 0.15) is 5.82 Å². The number of carbonyl (C=O) groups is 1. The summed E-state index contributed by atoms with van der Waals surface area (Å²) in [6, 6.07) is 8.30. The van der Waals surface area contributed by atoms with Gasteiger partial charge in [0.15, 0.2) is 0 Å². The van der Waals surface area contributed by atoms with E-state index in [0.717, 1.165) is 5.82 Å². The first-order valence-corrected chi connectivity index (χ1v) is 4.44. The van der Waals surface area contributed by atoms with Crippen molar-refractivity contribution in [3.05, 3.63) is 54.1 Å². The molecule has 1 aromatic carbocycles. The van der Waals surface area contributed by atoms with Crippen LogP contribution in [0.2, 0.25) is 0 Å². The lowest BCUT2D eigenvalue weighted by molar-refractivity contribution is 0.0697. The van der Waals surface area contributed by atoms with Crippen molar-refractivity contribution in [1.82, 2.24) is 9.97 Å². The summed E-state index contributed by atoms with van der Waals surface area (Å²) < 4.78 is 0. The van der Waals surface area contributed by atoms with E-state index in [1.54, 1.807) is 42.7 Å². The van der Waals surface area contributed by atoms with Crippen LogP contribution in [0.4, 0.5) is 0 Å². The minimum atomic E-state index is -0.879. The van der Waals surface area contributed by atoms with Crippen LogP contribution in [0.1, 0.15) is 16.2 Å². The summed E-state index contributed by atoms with van der Waals surface area (Å²) in [5, 5.41) is 8.38. The molecule has 78 valence electrons. The molecule has 0 fully saturated rings. The Morgan fingerprint density at radius 3 is 2.27 bits per heavy atom. The van der Waals surface area contributed by atoms with Gasteiger partial charge in [-0.3, -0.25) is 0 Å². The maximum atomic E-state index is 10.2. The number of nitrogens with one attached hydrogen (secondary N) is 1. The van der Waals surface area contributed by atoms with Gasteiger partial charge in [0, 0.05) is 12.4 Å². The van der Waals surface area contributed by atoms with E-state index in [9.17, 15) is 4.79 Å². The lowest BCUT2D eigenvalue weighted by Crippen LogP contribution is -1.93. The minimum absolute atomic E-state index is 0.331. The Hall–Kier alpha value is -2.10. The van der Waals surface area contributed by atoms with E-state index in [2.05, 4.69) is 9.97 Å². The molecule has 1 heterocycles. The molecule has 0 spiro atoms. The van der Waals surface area contributed by atoms with Crippen LogP contribution in [-0.2, 0) is 0 Å². The lowest BCUT2D eigenvalue weighted by atomic mass is 10.2. The summed E-state index contributed by atoms with van der Waals surface area (Å²) in [7, 11) is 0. The molecule has 0 aliphatic carbocycles. The highest BCUT2D eigenvalue weighted by atomic mass is 16.4. The van der Waals surface area contributed by atoms with Crippen molar-refractivity contribution in [2.45, 2.75) is 6.92 Å². The third kappa shape index (κ3) is 4.08. The number of carboxylic acid groups (broad SMARTS) is 1. The van der Waals surface area contributed by atoms with Gasteiger partial charge in [-0.25, -0.2) is 9.78 Å². The molecule has 0 bridgehead atoms. The van der Waals surface area contributed by atoms with E-state index in [0.29, 0.717) is 5.56 Å². The highest BCUT2D eigenvalue weighted by Crippen LogP contribution is 1.96. The van der Waals surface area contributed by atoms with Crippen LogP contribution in [0.15, 0.2) is 42.7 Å². The van der Waals surface area contributed by atoms with Gasteiger partial charge < -0.3 is 10.1 Å². The molecule has 0 atom stereocenters. The van der Waals surface area contributed by atoms with Crippen LogP contribution in [0.25, 0.3) is 0 Å². The third-order valence-electron chi connectivity index (χ3n) is 1.66. The van der Waals surface area contributed by atoms with E-state index in [4.69, 9.17) is 5.11 Å². The number of hydrogen-bond donors (Lipinski definition) is 2. The number of aromatic carboxylic acids is 1. The van der Waals surface area contributed by atoms with Gasteiger partial charge in [0.25, 0.3) is 0 Å². The second-order valence-corrected chi connectivity index (χ2v) is 2.85. The molecular weight excluding hydrogens is 192 g/mol. The van der Waals surface area contributed by atoms with E-state index >= 15 is 0 Å². The fourth-order valence-electron chi connectivity index (χ4n) is 0.925. The SMILES string of the molecule is Cc1ncc[nH]1.O=C(O)c1ccccc1. The summed E-state index contributed by atoms with van der Waals surface area (Å²) in [6.45, 7) is 1.92. The lowest BCUT2D eigenvalue weighted by Gasteiger charge is -1.88. The average molecular weight is 204 g/mol. The first-order chi connectivity index (χ1) is 7.20. The van der Waals surface area contributed by atoms with Gasteiger partial charge in [0.05, 0.1) is 5.56 Å². The number of aromatic nitrogens is 2. The van der Waals surface area contributed by atoms with Crippen LogP contribution >= 0.6 is 0 Å². The molecule has 0 radical (unpaired) electrons. The summed E-state index contributed by atoms with van der Waals surface area (Å²) in [4.78, 5) is 17.0. The van der Waals surface area contributed by atoms with Gasteiger partial charge in [0.2, 0.25) is 0 Å². The Balaban J connectivity index is 0.000000162. The second-order valence-electron chi connectivity index (χ2n) is 2.85. The molecule has 1 aromatic heterocycles. The van der Waals surface area contributed by atoms with Crippen LogP contribution in [0.3, 0.4) is 0 Å². The monoisotopic (exact) mass is 204 g/mol. The van der Waals surface area contributed by atoms with Crippen molar-refractivity contribution in [3.8, 4) is 0 Å². The first kappa shape index (κ1) is 11.0. The van der Waals surface area contributed by atoms with Gasteiger partial charge in [-0.05, 0) is 19.1 Å². The fraction of sp³-hybridized carbons (Fsp3) is 0.0909. The Labute approximate surface area is 87.6 Å². The molecular formula is C11H12N2O2. The fourth-order valence-corrected chi connectivity index (χ4v) is 0.925. The maximum Gasteiger partial charge on any atom is 0.335 e. The average Bonchev–Trinajstić information content (AvgIpc) is 2.71. The Kier molecular flexibility index (Phi) is 4.09. The van der Waals surface area contributed by atoms with Crippen LogP contribution in [0, 0.1) is 6.92 Å². The smallest absolute Gasteiger partial charge is 0.335 e. The predicted octanol–water partition coefficient (Wildman–Crippen LogP) is 2.10. The molecule has 2 N–H and O–H groups in total. The molecule has 4 heteroatoms. The molecule has 0 aliphatic heterocycles. The number of imidazole rings is 1. The molecule has 4 nitrogen and oxygen atoms in total. The van der Waals surface area contributed by atoms with Crippen molar-refractivity contribution in [2.75, 3.05) is 0 Å². The van der Waals surface area contributed by atoms with E-state index < -0.39 is 5.97 Å². The van der Waals surface area contributed by atoms with Crippen molar-refractivity contribution in [3.63, 3.8) is 0 Å². The van der Waals surface area contributed by atoms with Gasteiger partial charge in [-0.1, -0.05) is 18.2 Å². The zero-order chi connectivity index (χ0) is 11.1. The molecule has 0 saturated carbocycles. The summed E-state index contributed by atoms with van der Waals surface area (Å²) >= 11 is 0. The van der Waals surface area contributed by atoms with Crippen molar-refractivity contribution < 1.29 is 9.90 Å². The number of hydrogen-bond acceptors (Lipinski definition) is 2. The number of nitrogens with zero attached hydrogens (tertiary/aromatic N) is 1. The highest BCUT2D eigenvalue weighted by Gasteiger charge is 1.96. The normalized spacial score (nSPS) is 8.87. The zero-order valence-corrected chi connectivity index (χ0v) is 8.34. The van der Waals surface area contributed by atoms with E-state index in [1.165, 1.54) is 0 Å². The Bertz CT molecular complexity index is 396. The topological polar surface area (TPSA) is 66.0 Å². The third-order valence-corrected chi connectivity index (χ3v) is 1.66. The number of H-pyrrole nitrogens is 1. The number of aryl methyl sites for hydroxylation is 1. The largest absolute Gasteiger partial charge is 0.478 e. The number of rotatable bonds is 1. The number of benzene rings is 1. The number of aromatic amines is 1. The summed E-state index contributed by atoms with van der Waals surface area (Å²) in [6.07, 6.45) is 3.53. The summed E-state index contributed by atoms with van der Waals surface area (Å²) in [5.41, 5.74) is 0.331. The Morgan fingerprint density at radius 2 is 2.00 bits per heavy atom. The van der Waals surface area contributed by atoms with Crippen molar-refractivity contribution in [1.29, 1.82) is 0 Å². The number of carboxylic acids is 1. The van der Waals surface area contributed by atoms with Crippen LogP contribution in [0.5, 0.6) is 0 Å². The predicted molar refractivity (Wildman–Crippen MR) is 56.7 cm³/mol. The molecule has 2 aromatic rings. The maximum absolute atomic E-state index is 10.2. The van der Waals surface area contributed by atoms with Crippen molar-refractivity contribution in [2.24, 2.45) is 0 Å². The Morgan fingerprint density at radius 1 is 1.33 bits per heavy atom. The van der Waals surface area contributed by atoms with E-state index in [1.807, 2.05) is 6.92 Å². The molecule has 2 rings (SSSR count). The standard InChI is InChI=1S/C7H6O2.C4H6N2/c8-7(9)6-4-2-1-3-5-6;1-4-5-2-3-6-4/h1-5H,(H,8,9);2-3H,1H3,(H,5,6). The van der Waals surface area contributed by atoms with Gasteiger partial charge in [-0.15, -0.1) is 0 Å². The summed E-state index contributed by atoms with van der Waals surface area (Å²) in [5.74, 6) is 0.0885. The molecule has 15 heavy (non-hydrogen) atoms. The van der Waals surface area contributed by atoms with Crippen molar-refractivity contribution >= 4 is 5.97 Å². The van der Waals surface area contributed by atoms with Gasteiger partial charge >= 0.3 is 5.97 Å². The highest BCUT2D eigenvalue weighted by molar-refractivity contribution is 5.87. The molecule has 0 amide bonds.